The van der Waals surface area contributed by atoms with Gasteiger partial charge in [-0.1, -0.05) is 124 Å². The van der Waals surface area contributed by atoms with Crippen LogP contribution in [0.1, 0.15) is 0 Å². The standard InChI is InChI=1S/C26H24P2/c1-4-10-22(11-5-1)23-16-18-26(19-17-23)28(25-14-8-3-9-15-25)21-20-27-24-12-6-2-7-13-24/h1-19,27H,20-21H2. The highest BCUT2D eigenvalue weighted by Gasteiger charge is 2.13. The fraction of sp³-hybridized carbons (Fsp3) is 0.0769. The van der Waals surface area contributed by atoms with Gasteiger partial charge < -0.3 is 0 Å². The van der Waals surface area contributed by atoms with Crippen molar-refractivity contribution in [3.63, 3.8) is 0 Å². The van der Waals surface area contributed by atoms with Gasteiger partial charge in [0.05, 0.1) is 0 Å². The second kappa shape index (κ2) is 9.79. The van der Waals surface area contributed by atoms with Gasteiger partial charge in [0.25, 0.3) is 0 Å². The van der Waals surface area contributed by atoms with Crippen LogP contribution in [0.2, 0.25) is 0 Å². The maximum Gasteiger partial charge on any atom is -0.0184 e. The fourth-order valence-electron chi connectivity index (χ4n) is 3.35. The van der Waals surface area contributed by atoms with E-state index in [9.17, 15) is 0 Å². The highest BCUT2D eigenvalue weighted by molar-refractivity contribution is 7.73. The molecule has 0 nitrogen and oxygen atoms in total. The molecule has 0 saturated heterocycles. The molecule has 0 fully saturated rings. The summed E-state index contributed by atoms with van der Waals surface area (Å²) >= 11 is 0. The molecule has 0 saturated carbocycles. The summed E-state index contributed by atoms with van der Waals surface area (Å²) in [5, 5.41) is 4.41. The van der Waals surface area contributed by atoms with Crippen molar-refractivity contribution in [2.24, 2.45) is 0 Å². The van der Waals surface area contributed by atoms with E-state index in [0.717, 1.165) is 8.58 Å². The van der Waals surface area contributed by atoms with Crippen LogP contribution < -0.4 is 15.9 Å². The maximum atomic E-state index is 2.34. The molecule has 2 atom stereocenters. The first-order valence-corrected chi connectivity index (χ1v) is 12.4. The van der Waals surface area contributed by atoms with Crippen LogP contribution in [-0.4, -0.2) is 12.3 Å². The Hall–Kier alpha value is -2.26. The Morgan fingerprint density at radius 3 is 1.64 bits per heavy atom. The molecule has 4 aromatic carbocycles. The lowest BCUT2D eigenvalue weighted by Gasteiger charge is -2.19. The summed E-state index contributed by atoms with van der Waals surface area (Å²) in [5.74, 6) is 0. The van der Waals surface area contributed by atoms with E-state index in [2.05, 4.69) is 115 Å². The smallest absolute Gasteiger partial charge is 0.0184 e. The van der Waals surface area contributed by atoms with E-state index in [1.807, 2.05) is 0 Å². The second-order valence-corrected chi connectivity index (χ2v) is 10.5. The lowest BCUT2D eigenvalue weighted by Crippen LogP contribution is -2.15. The molecular formula is C26H24P2. The van der Waals surface area contributed by atoms with Gasteiger partial charge in [0.2, 0.25) is 0 Å². The number of benzene rings is 4. The minimum Gasteiger partial charge on any atom is -0.0900 e. The average Bonchev–Trinajstić information content (AvgIpc) is 2.79. The summed E-state index contributed by atoms with van der Waals surface area (Å²) in [7, 11) is 0.557. The summed E-state index contributed by atoms with van der Waals surface area (Å²) in [4.78, 5) is 0. The Bertz CT molecular complexity index is 965. The molecule has 0 aliphatic carbocycles. The number of hydrogen-bond donors (Lipinski definition) is 0. The van der Waals surface area contributed by atoms with Crippen molar-refractivity contribution >= 4 is 32.4 Å². The Morgan fingerprint density at radius 1 is 0.500 bits per heavy atom. The molecule has 0 amide bonds. The van der Waals surface area contributed by atoms with Gasteiger partial charge >= 0.3 is 0 Å². The molecule has 138 valence electrons. The zero-order chi connectivity index (χ0) is 19.0. The largest absolute Gasteiger partial charge is 0.0900 e. The third-order valence-electron chi connectivity index (χ3n) is 4.79. The molecule has 0 heterocycles. The van der Waals surface area contributed by atoms with Gasteiger partial charge in [-0.2, -0.15) is 0 Å². The molecule has 0 radical (unpaired) electrons. The van der Waals surface area contributed by atoms with Crippen LogP contribution in [0.5, 0.6) is 0 Å². The minimum absolute atomic E-state index is 0.321. The van der Waals surface area contributed by atoms with E-state index in [-0.39, 0.29) is 7.92 Å². The maximum absolute atomic E-state index is 2.34. The van der Waals surface area contributed by atoms with Gasteiger partial charge in [-0.3, -0.25) is 0 Å². The van der Waals surface area contributed by atoms with E-state index in [1.165, 1.54) is 39.4 Å². The van der Waals surface area contributed by atoms with Crippen LogP contribution in [0.4, 0.5) is 0 Å². The highest BCUT2D eigenvalue weighted by atomic mass is 31.1. The van der Waals surface area contributed by atoms with Crippen LogP contribution in [-0.2, 0) is 0 Å². The van der Waals surface area contributed by atoms with Crippen molar-refractivity contribution in [2.75, 3.05) is 12.3 Å². The predicted octanol–water partition coefficient (Wildman–Crippen LogP) is 5.79. The first kappa shape index (κ1) is 19.1. The molecule has 28 heavy (non-hydrogen) atoms. The molecule has 0 aromatic heterocycles. The highest BCUT2D eigenvalue weighted by Crippen LogP contribution is 2.35. The van der Waals surface area contributed by atoms with E-state index in [0.29, 0.717) is 0 Å². The molecule has 0 N–H and O–H groups in total. The van der Waals surface area contributed by atoms with Crippen LogP contribution in [0.15, 0.2) is 115 Å². The quantitative estimate of drug-likeness (QED) is 0.346. The van der Waals surface area contributed by atoms with E-state index in [1.54, 1.807) is 0 Å². The normalized spacial score (nSPS) is 12.3. The SMILES string of the molecule is c1ccc(PCCP(c2ccccc2)c2ccc(-c3ccccc3)cc2)cc1. The molecule has 2 heteroatoms. The summed E-state index contributed by atoms with van der Waals surface area (Å²) in [5.41, 5.74) is 2.57. The van der Waals surface area contributed by atoms with Crippen molar-refractivity contribution in [3.8, 4) is 11.1 Å². The van der Waals surface area contributed by atoms with Crippen LogP contribution in [0.3, 0.4) is 0 Å². The zero-order valence-corrected chi connectivity index (χ0v) is 17.7. The Labute approximate surface area is 171 Å². The predicted molar refractivity (Wildman–Crippen MR) is 129 cm³/mol. The fourth-order valence-corrected chi connectivity index (χ4v) is 7.26. The molecule has 4 rings (SSSR count). The number of rotatable bonds is 7. The molecular weight excluding hydrogens is 374 g/mol. The summed E-state index contributed by atoms with van der Waals surface area (Å²) in [6.45, 7) is 0. The van der Waals surface area contributed by atoms with Crippen molar-refractivity contribution in [1.29, 1.82) is 0 Å². The van der Waals surface area contributed by atoms with Gasteiger partial charge in [-0.25, -0.2) is 0 Å². The first-order valence-electron chi connectivity index (χ1n) is 9.67. The average molecular weight is 398 g/mol. The van der Waals surface area contributed by atoms with Gasteiger partial charge in [-0.05, 0) is 47.3 Å². The zero-order valence-electron chi connectivity index (χ0n) is 15.8. The summed E-state index contributed by atoms with van der Waals surface area (Å²) < 4.78 is 0. The molecule has 0 spiro atoms. The summed E-state index contributed by atoms with van der Waals surface area (Å²) in [6, 6.07) is 41.8. The van der Waals surface area contributed by atoms with Gasteiger partial charge in [0, 0.05) is 0 Å². The van der Waals surface area contributed by atoms with Crippen LogP contribution >= 0.6 is 16.5 Å². The minimum atomic E-state index is -0.321. The Kier molecular flexibility index (Phi) is 6.67. The topological polar surface area (TPSA) is 0 Å². The Morgan fingerprint density at radius 2 is 1.00 bits per heavy atom. The monoisotopic (exact) mass is 398 g/mol. The molecule has 0 bridgehead atoms. The number of hydrogen-bond acceptors (Lipinski definition) is 0. The summed E-state index contributed by atoms with van der Waals surface area (Å²) in [6.07, 6.45) is 2.47. The Balaban J connectivity index is 1.53. The third-order valence-corrected chi connectivity index (χ3v) is 8.97. The lowest BCUT2D eigenvalue weighted by molar-refractivity contribution is 1.52. The second-order valence-electron chi connectivity index (χ2n) is 6.69. The van der Waals surface area contributed by atoms with E-state index in [4.69, 9.17) is 0 Å². The van der Waals surface area contributed by atoms with Crippen molar-refractivity contribution in [2.45, 2.75) is 0 Å². The van der Waals surface area contributed by atoms with Gasteiger partial charge in [0.15, 0.2) is 0 Å². The first-order chi connectivity index (χ1) is 13.9. The van der Waals surface area contributed by atoms with Gasteiger partial charge in [-0.15, -0.1) is 0 Å². The van der Waals surface area contributed by atoms with Crippen LogP contribution in [0, 0.1) is 0 Å². The van der Waals surface area contributed by atoms with E-state index >= 15 is 0 Å². The lowest BCUT2D eigenvalue weighted by atomic mass is 10.1. The molecule has 2 unspecified atom stereocenters. The van der Waals surface area contributed by atoms with Crippen molar-refractivity contribution in [3.05, 3.63) is 115 Å². The van der Waals surface area contributed by atoms with Crippen molar-refractivity contribution < 1.29 is 0 Å². The molecule has 0 aliphatic heterocycles. The van der Waals surface area contributed by atoms with Crippen molar-refractivity contribution in [1.82, 2.24) is 0 Å². The van der Waals surface area contributed by atoms with E-state index < -0.39 is 0 Å². The van der Waals surface area contributed by atoms with Crippen LogP contribution in [0.25, 0.3) is 11.1 Å². The van der Waals surface area contributed by atoms with Gasteiger partial charge in [0.1, 0.15) is 0 Å². The molecule has 4 aromatic rings. The third kappa shape index (κ3) is 4.96. The molecule has 0 aliphatic rings.